The van der Waals surface area contributed by atoms with Gasteiger partial charge >= 0.3 is 0 Å². The molecule has 0 aliphatic rings. The van der Waals surface area contributed by atoms with Crippen LogP contribution in [0.3, 0.4) is 0 Å². The molecule has 1 unspecified atom stereocenters. The van der Waals surface area contributed by atoms with Crippen molar-refractivity contribution >= 4 is 21.8 Å². The van der Waals surface area contributed by atoms with Gasteiger partial charge in [0.15, 0.2) is 0 Å². The minimum Gasteiger partial charge on any atom is -0.497 e. The molecule has 0 aromatic heterocycles. The largest absolute Gasteiger partial charge is 0.497 e. The fourth-order valence-corrected chi connectivity index (χ4v) is 1.92. The Kier molecular flexibility index (Phi) is 5.58. The highest BCUT2D eigenvalue weighted by atomic mass is 79.9. The van der Waals surface area contributed by atoms with Crippen LogP contribution in [0.1, 0.15) is 18.1 Å². The number of hydrogen-bond acceptors (Lipinski definition) is 4. The van der Waals surface area contributed by atoms with Gasteiger partial charge in [-0.15, -0.1) is 0 Å². The van der Waals surface area contributed by atoms with E-state index in [1.807, 2.05) is 0 Å². The Labute approximate surface area is 114 Å². The number of methoxy groups -OCH3 is 1. The maximum absolute atomic E-state index is 11.6. The first kappa shape index (κ1) is 14.9. The molecule has 0 spiro atoms. The number of aliphatic hydroxyl groups is 1. The van der Waals surface area contributed by atoms with E-state index in [-0.39, 0.29) is 12.3 Å². The van der Waals surface area contributed by atoms with E-state index in [9.17, 15) is 9.90 Å². The summed E-state index contributed by atoms with van der Waals surface area (Å²) in [6, 6.07) is 5.22. The maximum Gasteiger partial charge on any atom is 0.248 e. The van der Waals surface area contributed by atoms with Gasteiger partial charge in [-0.3, -0.25) is 9.63 Å². The molecule has 1 aromatic carbocycles. The average molecular weight is 318 g/mol. The predicted molar refractivity (Wildman–Crippen MR) is 70.0 cm³/mol. The van der Waals surface area contributed by atoms with E-state index in [0.717, 1.165) is 9.54 Å². The Morgan fingerprint density at radius 2 is 2.17 bits per heavy atom. The van der Waals surface area contributed by atoms with Gasteiger partial charge in [0.25, 0.3) is 0 Å². The van der Waals surface area contributed by atoms with Gasteiger partial charge in [0.05, 0.1) is 26.7 Å². The number of hydroxylamine groups is 2. The molecular formula is C12H16BrNO4. The van der Waals surface area contributed by atoms with Gasteiger partial charge in [0, 0.05) is 11.5 Å². The van der Waals surface area contributed by atoms with Crippen LogP contribution in [-0.4, -0.2) is 37.3 Å². The lowest BCUT2D eigenvalue weighted by Gasteiger charge is -2.17. The van der Waals surface area contributed by atoms with Gasteiger partial charge in [-0.1, -0.05) is 15.9 Å². The van der Waals surface area contributed by atoms with E-state index in [1.165, 1.54) is 14.2 Å². The molecule has 0 saturated heterocycles. The number of hydrogen-bond donors (Lipinski definition) is 1. The Hall–Kier alpha value is -1.11. The van der Waals surface area contributed by atoms with Crippen molar-refractivity contribution in [3.05, 3.63) is 28.2 Å². The van der Waals surface area contributed by atoms with Crippen LogP contribution < -0.4 is 4.74 Å². The molecular weight excluding hydrogens is 302 g/mol. The summed E-state index contributed by atoms with van der Waals surface area (Å²) in [5.74, 6) is 0.319. The van der Waals surface area contributed by atoms with E-state index >= 15 is 0 Å². The number of nitrogens with zero attached hydrogens (tertiary/aromatic N) is 1. The van der Waals surface area contributed by atoms with Crippen molar-refractivity contribution in [2.45, 2.75) is 12.5 Å². The third-order valence-corrected chi connectivity index (χ3v) is 3.28. The average Bonchev–Trinajstić information content (AvgIpc) is 2.38. The molecule has 0 heterocycles. The monoisotopic (exact) mass is 317 g/mol. The third kappa shape index (κ3) is 3.69. The van der Waals surface area contributed by atoms with E-state index in [0.29, 0.717) is 11.3 Å². The summed E-state index contributed by atoms with van der Waals surface area (Å²) in [6.07, 6.45) is -0.976. The van der Waals surface area contributed by atoms with Crippen LogP contribution in [0.2, 0.25) is 0 Å². The minimum atomic E-state index is -0.917. The molecule has 18 heavy (non-hydrogen) atoms. The lowest BCUT2D eigenvalue weighted by molar-refractivity contribution is -0.170. The molecule has 1 N–H and O–H groups in total. The normalized spacial score (nSPS) is 12.1. The molecule has 0 fully saturated rings. The SMILES string of the molecule is COc1ccc(Br)c(C(O)CC(=O)N(C)OC)c1. The summed E-state index contributed by atoms with van der Waals surface area (Å²) in [5, 5.41) is 11.1. The molecule has 1 amide bonds. The van der Waals surface area contributed by atoms with Gasteiger partial charge in [0.1, 0.15) is 5.75 Å². The van der Waals surface area contributed by atoms with Crippen LogP contribution in [0.15, 0.2) is 22.7 Å². The van der Waals surface area contributed by atoms with Crippen LogP contribution in [-0.2, 0) is 9.63 Å². The smallest absolute Gasteiger partial charge is 0.248 e. The van der Waals surface area contributed by atoms with Crippen molar-refractivity contribution in [1.82, 2.24) is 5.06 Å². The quantitative estimate of drug-likeness (QED) is 0.843. The molecule has 5 nitrogen and oxygen atoms in total. The summed E-state index contributed by atoms with van der Waals surface area (Å²) in [5.41, 5.74) is 0.604. The molecule has 100 valence electrons. The second-order valence-corrected chi connectivity index (χ2v) is 4.54. The standard InChI is InChI=1S/C12H16BrNO4/c1-14(18-3)12(16)7-11(15)9-6-8(17-2)4-5-10(9)13/h4-6,11,15H,7H2,1-3H3. The lowest BCUT2D eigenvalue weighted by atomic mass is 10.1. The molecule has 0 radical (unpaired) electrons. The molecule has 1 atom stereocenters. The molecule has 6 heteroatoms. The summed E-state index contributed by atoms with van der Waals surface area (Å²) < 4.78 is 5.81. The van der Waals surface area contributed by atoms with Gasteiger partial charge in [-0.05, 0) is 23.8 Å². The Balaban J connectivity index is 2.83. The summed E-state index contributed by atoms with van der Waals surface area (Å²) >= 11 is 3.33. The molecule has 1 aromatic rings. The number of carbonyl (C=O) groups is 1. The molecule has 0 saturated carbocycles. The van der Waals surface area contributed by atoms with Crippen LogP contribution in [0.5, 0.6) is 5.75 Å². The fourth-order valence-electron chi connectivity index (χ4n) is 1.41. The highest BCUT2D eigenvalue weighted by Gasteiger charge is 2.19. The van der Waals surface area contributed by atoms with Crippen molar-refractivity contribution in [2.24, 2.45) is 0 Å². The Morgan fingerprint density at radius 1 is 1.50 bits per heavy atom. The third-order valence-electron chi connectivity index (χ3n) is 2.56. The minimum absolute atomic E-state index is 0.0594. The van der Waals surface area contributed by atoms with Crippen molar-refractivity contribution in [3.8, 4) is 5.75 Å². The number of halogens is 1. The maximum atomic E-state index is 11.6. The molecule has 0 bridgehead atoms. The summed E-state index contributed by atoms with van der Waals surface area (Å²) in [4.78, 5) is 16.4. The second-order valence-electron chi connectivity index (χ2n) is 3.68. The molecule has 0 aliphatic heterocycles. The lowest BCUT2D eigenvalue weighted by Crippen LogP contribution is -2.26. The van der Waals surface area contributed by atoms with Crippen molar-refractivity contribution in [1.29, 1.82) is 0 Å². The van der Waals surface area contributed by atoms with Gasteiger partial charge in [-0.2, -0.15) is 0 Å². The first-order chi connectivity index (χ1) is 8.49. The van der Waals surface area contributed by atoms with Crippen LogP contribution in [0.4, 0.5) is 0 Å². The fraction of sp³-hybridized carbons (Fsp3) is 0.417. The van der Waals surface area contributed by atoms with Crippen molar-refractivity contribution < 1.29 is 19.5 Å². The Bertz CT molecular complexity index is 425. The zero-order valence-corrected chi connectivity index (χ0v) is 12.1. The van der Waals surface area contributed by atoms with Gasteiger partial charge in [0.2, 0.25) is 5.91 Å². The zero-order chi connectivity index (χ0) is 13.7. The van der Waals surface area contributed by atoms with Gasteiger partial charge < -0.3 is 9.84 Å². The summed E-state index contributed by atoms with van der Waals surface area (Å²) in [6.45, 7) is 0. The molecule has 1 rings (SSSR count). The number of aliphatic hydroxyl groups excluding tert-OH is 1. The summed E-state index contributed by atoms with van der Waals surface area (Å²) in [7, 11) is 4.44. The van der Waals surface area contributed by atoms with E-state index in [4.69, 9.17) is 9.57 Å². The van der Waals surface area contributed by atoms with Crippen LogP contribution in [0, 0.1) is 0 Å². The van der Waals surface area contributed by atoms with Crippen LogP contribution >= 0.6 is 15.9 Å². The number of benzene rings is 1. The van der Waals surface area contributed by atoms with Gasteiger partial charge in [-0.25, -0.2) is 5.06 Å². The van der Waals surface area contributed by atoms with Crippen molar-refractivity contribution in [2.75, 3.05) is 21.3 Å². The second kappa shape index (κ2) is 6.72. The molecule has 0 aliphatic carbocycles. The number of rotatable bonds is 5. The first-order valence-corrected chi connectivity index (χ1v) is 6.11. The van der Waals surface area contributed by atoms with E-state index in [1.54, 1.807) is 25.3 Å². The number of amides is 1. The number of carbonyl (C=O) groups excluding carboxylic acids is 1. The Morgan fingerprint density at radius 3 is 2.72 bits per heavy atom. The van der Waals surface area contributed by atoms with E-state index in [2.05, 4.69) is 15.9 Å². The topological polar surface area (TPSA) is 59.0 Å². The highest BCUT2D eigenvalue weighted by molar-refractivity contribution is 9.10. The van der Waals surface area contributed by atoms with Crippen LogP contribution in [0.25, 0.3) is 0 Å². The number of ether oxygens (including phenoxy) is 1. The predicted octanol–water partition coefficient (Wildman–Crippen LogP) is 1.90. The zero-order valence-electron chi connectivity index (χ0n) is 10.5. The van der Waals surface area contributed by atoms with Crippen molar-refractivity contribution in [3.63, 3.8) is 0 Å². The highest BCUT2D eigenvalue weighted by Crippen LogP contribution is 2.29. The van der Waals surface area contributed by atoms with E-state index < -0.39 is 6.10 Å². The first-order valence-electron chi connectivity index (χ1n) is 5.31.